The Morgan fingerprint density at radius 3 is 2.67 bits per heavy atom. The summed E-state index contributed by atoms with van der Waals surface area (Å²) < 4.78 is 11.3. The zero-order valence-corrected chi connectivity index (χ0v) is 15.7. The molecule has 0 aromatic heterocycles. The molecule has 27 heavy (non-hydrogen) atoms. The lowest BCUT2D eigenvalue weighted by Gasteiger charge is -2.26. The molecule has 0 bridgehead atoms. The fourth-order valence-electron chi connectivity index (χ4n) is 3.87. The number of nitrogens with one attached hydrogen (secondary N) is 1. The van der Waals surface area contributed by atoms with Gasteiger partial charge in [0.2, 0.25) is 5.91 Å². The molecule has 0 radical (unpaired) electrons. The third kappa shape index (κ3) is 4.08. The van der Waals surface area contributed by atoms with Crippen molar-refractivity contribution in [3.63, 3.8) is 0 Å². The topological polar surface area (TPSA) is 50.8 Å². The summed E-state index contributed by atoms with van der Waals surface area (Å²) in [6, 6.07) is 14.5. The van der Waals surface area contributed by atoms with Gasteiger partial charge < -0.3 is 14.8 Å². The zero-order valence-electron chi connectivity index (χ0n) is 15.7. The molecular weight excluding hydrogens is 340 g/mol. The first-order valence-electron chi connectivity index (χ1n) is 9.75. The van der Waals surface area contributed by atoms with Crippen LogP contribution in [0, 0.1) is 0 Å². The minimum atomic E-state index is 0.0312. The SMILES string of the molecule is CCc1ccc(NC(=O)CN2CCC[C@@H]2c2ccc3c(c2)OCCO3)cc1. The van der Waals surface area contributed by atoms with Crippen LogP contribution >= 0.6 is 0 Å². The van der Waals surface area contributed by atoms with Crippen LogP contribution in [0.15, 0.2) is 42.5 Å². The first-order chi connectivity index (χ1) is 13.2. The summed E-state index contributed by atoms with van der Waals surface area (Å²) in [4.78, 5) is 14.8. The van der Waals surface area contributed by atoms with E-state index < -0.39 is 0 Å². The predicted octanol–water partition coefficient (Wildman–Crippen LogP) is 3.80. The maximum Gasteiger partial charge on any atom is 0.238 e. The van der Waals surface area contributed by atoms with Gasteiger partial charge in [0.05, 0.1) is 6.54 Å². The van der Waals surface area contributed by atoms with E-state index >= 15 is 0 Å². The smallest absolute Gasteiger partial charge is 0.238 e. The fourth-order valence-corrected chi connectivity index (χ4v) is 3.87. The van der Waals surface area contributed by atoms with Gasteiger partial charge in [-0.15, -0.1) is 0 Å². The lowest BCUT2D eigenvalue weighted by Crippen LogP contribution is -2.33. The van der Waals surface area contributed by atoms with E-state index in [0.717, 1.165) is 43.0 Å². The molecule has 1 atom stereocenters. The number of fused-ring (bicyclic) bond motifs is 1. The Kier molecular flexibility index (Phi) is 5.30. The van der Waals surface area contributed by atoms with Gasteiger partial charge in [0.1, 0.15) is 13.2 Å². The maximum atomic E-state index is 12.5. The summed E-state index contributed by atoms with van der Waals surface area (Å²) in [5.41, 5.74) is 3.32. The standard InChI is InChI=1S/C22H26N2O3/c1-2-16-5-8-18(9-6-16)23-22(25)15-24-11-3-4-19(24)17-7-10-20-21(14-17)27-13-12-26-20/h5-10,14,19H,2-4,11-13,15H2,1H3,(H,23,25)/t19-/m1/s1. The number of likely N-dealkylation sites (tertiary alicyclic amines) is 1. The van der Waals surface area contributed by atoms with Gasteiger partial charge in [0.25, 0.3) is 0 Å². The van der Waals surface area contributed by atoms with E-state index in [9.17, 15) is 4.79 Å². The summed E-state index contributed by atoms with van der Waals surface area (Å²) in [6.07, 6.45) is 3.15. The third-order valence-electron chi connectivity index (χ3n) is 5.31. The van der Waals surface area contributed by atoms with E-state index in [2.05, 4.69) is 41.4 Å². The summed E-state index contributed by atoms with van der Waals surface area (Å²) in [6.45, 7) is 4.64. The van der Waals surface area contributed by atoms with E-state index in [1.54, 1.807) is 0 Å². The second-order valence-corrected chi connectivity index (χ2v) is 7.13. The van der Waals surface area contributed by atoms with Crippen molar-refractivity contribution in [2.75, 3.05) is 31.6 Å². The number of carbonyl (C=O) groups excluding carboxylic acids is 1. The quantitative estimate of drug-likeness (QED) is 0.875. The van der Waals surface area contributed by atoms with Gasteiger partial charge in [-0.1, -0.05) is 25.1 Å². The molecule has 1 fully saturated rings. The van der Waals surface area contributed by atoms with Crippen molar-refractivity contribution in [3.05, 3.63) is 53.6 Å². The van der Waals surface area contributed by atoms with Crippen molar-refractivity contribution < 1.29 is 14.3 Å². The fraction of sp³-hybridized carbons (Fsp3) is 0.409. The number of aryl methyl sites for hydroxylation is 1. The molecule has 2 aliphatic heterocycles. The van der Waals surface area contributed by atoms with E-state index in [1.165, 1.54) is 11.1 Å². The Morgan fingerprint density at radius 2 is 1.89 bits per heavy atom. The van der Waals surface area contributed by atoms with Gasteiger partial charge in [0, 0.05) is 11.7 Å². The molecule has 1 saturated heterocycles. The first-order valence-corrected chi connectivity index (χ1v) is 9.75. The van der Waals surface area contributed by atoms with Gasteiger partial charge >= 0.3 is 0 Å². The van der Waals surface area contributed by atoms with Gasteiger partial charge in [-0.2, -0.15) is 0 Å². The Labute approximate surface area is 160 Å². The van der Waals surface area contributed by atoms with Crippen LogP contribution in [0.4, 0.5) is 5.69 Å². The molecule has 2 aromatic rings. The molecule has 5 nitrogen and oxygen atoms in total. The van der Waals surface area contributed by atoms with Gasteiger partial charge in [0.15, 0.2) is 11.5 Å². The van der Waals surface area contributed by atoms with Crippen LogP contribution in [-0.2, 0) is 11.2 Å². The Morgan fingerprint density at radius 1 is 1.11 bits per heavy atom. The Bertz CT molecular complexity index is 804. The van der Waals surface area contributed by atoms with Crippen LogP contribution in [0.2, 0.25) is 0 Å². The maximum absolute atomic E-state index is 12.5. The zero-order chi connectivity index (χ0) is 18.6. The minimum absolute atomic E-state index is 0.0312. The summed E-state index contributed by atoms with van der Waals surface area (Å²) in [5.74, 6) is 1.65. The van der Waals surface area contributed by atoms with Crippen LogP contribution < -0.4 is 14.8 Å². The van der Waals surface area contributed by atoms with Crippen molar-refractivity contribution in [2.24, 2.45) is 0 Å². The van der Waals surface area contributed by atoms with Gasteiger partial charge in [-0.25, -0.2) is 0 Å². The number of rotatable bonds is 5. The van der Waals surface area contributed by atoms with Crippen LogP contribution in [-0.4, -0.2) is 37.1 Å². The monoisotopic (exact) mass is 366 g/mol. The highest BCUT2D eigenvalue weighted by Crippen LogP contribution is 2.37. The highest BCUT2D eigenvalue weighted by molar-refractivity contribution is 5.92. The summed E-state index contributed by atoms with van der Waals surface area (Å²) in [7, 11) is 0. The molecule has 0 unspecified atom stereocenters. The highest BCUT2D eigenvalue weighted by atomic mass is 16.6. The summed E-state index contributed by atoms with van der Waals surface area (Å²) in [5, 5.41) is 3.02. The van der Waals surface area contributed by atoms with Crippen LogP contribution in [0.3, 0.4) is 0 Å². The number of hydrogen-bond acceptors (Lipinski definition) is 4. The van der Waals surface area contributed by atoms with Gasteiger partial charge in [-0.05, 0) is 61.2 Å². The average molecular weight is 366 g/mol. The van der Waals surface area contributed by atoms with Gasteiger partial charge in [-0.3, -0.25) is 9.69 Å². The molecule has 2 heterocycles. The molecule has 2 aromatic carbocycles. The number of carbonyl (C=O) groups is 1. The van der Waals surface area contributed by atoms with E-state index in [1.807, 2.05) is 18.2 Å². The molecular formula is C22H26N2O3. The summed E-state index contributed by atoms with van der Waals surface area (Å²) >= 11 is 0. The van der Waals surface area contributed by atoms with E-state index in [0.29, 0.717) is 19.8 Å². The molecule has 0 saturated carbocycles. The first kappa shape index (κ1) is 17.9. The number of nitrogens with zero attached hydrogens (tertiary/aromatic N) is 1. The Balaban J connectivity index is 1.41. The molecule has 0 aliphatic carbocycles. The average Bonchev–Trinajstić information content (AvgIpc) is 3.16. The second-order valence-electron chi connectivity index (χ2n) is 7.13. The molecule has 1 amide bonds. The largest absolute Gasteiger partial charge is 0.486 e. The van der Waals surface area contributed by atoms with Crippen molar-refractivity contribution in [1.82, 2.24) is 4.90 Å². The molecule has 2 aliphatic rings. The van der Waals surface area contributed by atoms with Crippen LogP contribution in [0.5, 0.6) is 11.5 Å². The predicted molar refractivity (Wildman–Crippen MR) is 105 cm³/mol. The molecule has 4 rings (SSSR count). The lowest BCUT2D eigenvalue weighted by atomic mass is 10.0. The van der Waals surface area contributed by atoms with Crippen molar-refractivity contribution in [3.8, 4) is 11.5 Å². The lowest BCUT2D eigenvalue weighted by molar-refractivity contribution is -0.117. The number of benzene rings is 2. The molecule has 0 spiro atoms. The van der Waals surface area contributed by atoms with Crippen LogP contribution in [0.25, 0.3) is 0 Å². The van der Waals surface area contributed by atoms with E-state index in [4.69, 9.17) is 9.47 Å². The third-order valence-corrected chi connectivity index (χ3v) is 5.31. The van der Waals surface area contributed by atoms with Crippen molar-refractivity contribution >= 4 is 11.6 Å². The minimum Gasteiger partial charge on any atom is -0.486 e. The van der Waals surface area contributed by atoms with Crippen molar-refractivity contribution in [1.29, 1.82) is 0 Å². The number of hydrogen-bond donors (Lipinski definition) is 1. The molecule has 1 N–H and O–H groups in total. The normalized spacial score (nSPS) is 19.1. The number of ether oxygens (including phenoxy) is 2. The molecule has 5 heteroatoms. The van der Waals surface area contributed by atoms with Crippen molar-refractivity contribution in [2.45, 2.75) is 32.2 Å². The number of anilines is 1. The van der Waals surface area contributed by atoms with E-state index in [-0.39, 0.29) is 11.9 Å². The number of amides is 1. The Hall–Kier alpha value is -2.53. The van der Waals surface area contributed by atoms with Crippen LogP contribution in [0.1, 0.15) is 36.9 Å². The molecule has 142 valence electrons. The second kappa shape index (κ2) is 8.01. The highest BCUT2D eigenvalue weighted by Gasteiger charge is 2.28.